The van der Waals surface area contributed by atoms with E-state index in [1.54, 1.807) is 4.90 Å². The Kier molecular flexibility index (Phi) is 4.14. The van der Waals surface area contributed by atoms with Gasteiger partial charge in [-0.2, -0.15) is 0 Å². The molecule has 1 heterocycles. The van der Waals surface area contributed by atoms with Crippen LogP contribution in [0.25, 0.3) is 0 Å². The number of hydrogen-bond acceptors (Lipinski definition) is 4. The first kappa shape index (κ1) is 14.2. The Balaban J connectivity index is 2.53. The minimum atomic E-state index is -0.523. The maximum absolute atomic E-state index is 13.0. The SMILES string of the molecule is CCN(c1ccc(F)cc1)c1nc(Cl)ccc1[N+](=O)[O-]. The second kappa shape index (κ2) is 5.83. The van der Waals surface area contributed by atoms with Gasteiger partial charge in [-0.05, 0) is 37.3 Å². The van der Waals surface area contributed by atoms with Crippen LogP contribution in [-0.2, 0) is 0 Å². The third-order valence-corrected chi connectivity index (χ3v) is 2.94. The van der Waals surface area contributed by atoms with Gasteiger partial charge in [0.05, 0.1) is 4.92 Å². The molecule has 104 valence electrons. The molecule has 0 aliphatic carbocycles. The number of halogens is 2. The van der Waals surface area contributed by atoms with Crippen molar-refractivity contribution in [3.05, 3.63) is 57.5 Å². The predicted octanol–water partition coefficient (Wildman–Crippen LogP) is 3.94. The Morgan fingerprint density at radius 3 is 2.50 bits per heavy atom. The molecule has 1 aromatic heterocycles. The molecule has 1 aromatic carbocycles. The molecule has 7 heteroatoms. The summed E-state index contributed by atoms with van der Waals surface area (Å²) < 4.78 is 13.0. The third kappa shape index (κ3) is 2.85. The number of anilines is 2. The minimum absolute atomic E-state index is 0.136. The Morgan fingerprint density at radius 1 is 1.30 bits per heavy atom. The topological polar surface area (TPSA) is 59.3 Å². The molecule has 0 spiro atoms. The summed E-state index contributed by atoms with van der Waals surface area (Å²) in [6.07, 6.45) is 0. The fourth-order valence-corrected chi connectivity index (χ4v) is 1.98. The number of nitrogens with zero attached hydrogens (tertiary/aromatic N) is 3. The van der Waals surface area contributed by atoms with Gasteiger partial charge in [-0.3, -0.25) is 10.1 Å². The van der Waals surface area contributed by atoms with Crippen LogP contribution in [0.2, 0.25) is 5.15 Å². The van der Waals surface area contributed by atoms with E-state index in [-0.39, 0.29) is 22.5 Å². The number of aromatic nitrogens is 1. The van der Waals surface area contributed by atoms with Crippen LogP contribution in [-0.4, -0.2) is 16.5 Å². The molecule has 0 aliphatic heterocycles. The number of hydrogen-bond donors (Lipinski definition) is 0. The molecule has 5 nitrogen and oxygen atoms in total. The molecule has 0 fully saturated rings. The van der Waals surface area contributed by atoms with Gasteiger partial charge < -0.3 is 4.90 Å². The van der Waals surface area contributed by atoms with Gasteiger partial charge in [0.15, 0.2) is 0 Å². The van der Waals surface area contributed by atoms with E-state index in [0.29, 0.717) is 12.2 Å². The zero-order chi connectivity index (χ0) is 14.7. The van der Waals surface area contributed by atoms with Crippen molar-refractivity contribution in [1.29, 1.82) is 0 Å². The summed E-state index contributed by atoms with van der Waals surface area (Å²) in [5.41, 5.74) is 0.451. The molecule has 0 amide bonds. The smallest absolute Gasteiger partial charge is 0.312 e. The van der Waals surface area contributed by atoms with Gasteiger partial charge in [-0.25, -0.2) is 9.37 Å². The average molecular weight is 296 g/mol. The Morgan fingerprint density at radius 2 is 1.95 bits per heavy atom. The summed E-state index contributed by atoms with van der Waals surface area (Å²) in [6.45, 7) is 2.25. The lowest BCUT2D eigenvalue weighted by molar-refractivity contribution is -0.384. The fraction of sp³-hybridized carbons (Fsp3) is 0.154. The molecule has 2 aromatic rings. The molecule has 0 N–H and O–H groups in total. The van der Waals surface area contributed by atoms with Crippen molar-refractivity contribution in [3.8, 4) is 0 Å². The van der Waals surface area contributed by atoms with Crippen LogP contribution in [0.1, 0.15) is 6.92 Å². The van der Waals surface area contributed by atoms with Crippen LogP contribution in [0, 0.1) is 15.9 Å². The number of rotatable bonds is 4. The lowest BCUT2D eigenvalue weighted by atomic mass is 10.2. The highest BCUT2D eigenvalue weighted by molar-refractivity contribution is 6.29. The standard InChI is InChI=1S/C13H11ClFN3O2/c1-2-17(10-5-3-9(15)4-6-10)13-11(18(19)20)7-8-12(14)16-13/h3-8H,2H2,1H3. The fourth-order valence-electron chi connectivity index (χ4n) is 1.83. The summed E-state index contributed by atoms with van der Waals surface area (Å²) in [5.74, 6) is -0.241. The molecule has 0 saturated carbocycles. The molecule has 0 bridgehead atoms. The van der Waals surface area contributed by atoms with E-state index in [2.05, 4.69) is 4.98 Å². The van der Waals surface area contributed by atoms with Crippen LogP contribution in [0.5, 0.6) is 0 Å². The lowest BCUT2D eigenvalue weighted by Crippen LogP contribution is -2.18. The van der Waals surface area contributed by atoms with E-state index in [1.165, 1.54) is 36.4 Å². The van der Waals surface area contributed by atoms with Gasteiger partial charge in [-0.1, -0.05) is 11.6 Å². The van der Waals surface area contributed by atoms with Crippen molar-refractivity contribution in [2.45, 2.75) is 6.92 Å². The summed E-state index contributed by atoms with van der Waals surface area (Å²) >= 11 is 5.81. The molecule has 2 rings (SSSR count). The van der Waals surface area contributed by atoms with Gasteiger partial charge in [0.25, 0.3) is 0 Å². The van der Waals surface area contributed by atoms with Crippen molar-refractivity contribution in [2.24, 2.45) is 0 Å². The maximum Gasteiger partial charge on any atom is 0.312 e. The summed E-state index contributed by atoms with van der Waals surface area (Å²) in [7, 11) is 0. The van der Waals surface area contributed by atoms with E-state index in [1.807, 2.05) is 6.92 Å². The largest absolute Gasteiger partial charge is 0.321 e. The molecular formula is C13H11ClFN3O2. The van der Waals surface area contributed by atoms with Crippen molar-refractivity contribution in [1.82, 2.24) is 4.98 Å². The normalized spacial score (nSPS) is 10.3. The van der Waals surface area contributed by atoms with Crippen LogP contribution >= 0.6 is 11.6 Å². The molecule has 0 aliphatic rings. The van der Waals surface area contributed by atoms with E-state index in [0.717, 1.165) is 0 Å². The Bertz CT molecular complexity index is 634. The first-order chi connectivity index (χ1) is 9.52. The zero-order valence-electron chi connectivity index (χ0n) is 10.6. The van der Waals surface area contributed by atoms with Gasteiger partial charge >= 0.3 is 5.69 Å². The summed E-state index contributed by atoms with van der Waals surface area (Å²) in [6, 6.07) is 8.30. The van der Waals surface area contributed by atoms with Crippen molar-refractivity contribution < 1.29 is 9.31 Å². The van der Waals surface area contributed by atoms with Gasteiger partial charge in [0.1, 0.15) is 11.0 Å². The van der Waals surface area contributed by atoms with Crippen molar-refractivity contribution in [2.75, 3.05) is 11.4 Å². The predicted molar refractivity (Wildman–Crippen MR) is 75.0 cm³/mol. The van der Waals surface area contributed by atoms with Crippen LogP contribution in [0.15, 0.2) is 36.4 Å². The third-order valence-electron chi connectivity index (χ3n) is 2.73. The first-order valence-electron chi connectivity index (χ1n) is 5.87. The first-order valence-corrected chi connectivity index (χ1v) is 6.24. The second-order valence-electron chi connectivity index (χ2n) is 3.95. The molecule has 0 atom stereocenters. The molecule has 20 heavy (non-hydrogen) atoms. The van der Waals surface area contributed by atoms with E-state index in [4.69, 9.17) is 11.6 Å². The Labute approximate surface area is 119 Å². The summed E-state index contributed by atoms with van der Waals surface area (Å²) in [4.78, 5) is 16.2. The number of nitro groups is 1. The monoisotopic (exact) mass is 295 g/mol. The number of benzene rings is 1. The van der Waals surface area contributed by atoms with E-state index in [9.17, 15) is 14.5 Å². The molecular weight excluding hydrogens is 285 g/mol. The lowest BCUT2D eigenvalue weighted by Gasteiger charge is -2.21. The Hall–Kier alpha value is -2.21. The summed E-state index contributed by atoms with van der Waals surface area (Å²) in [5, 5.41) is 11.2. The van der Waals surface area contributed by atoms with Crippen molar-refractivity contribution >= 4 is 28.8 Å². The zero-order valence-corrected chi connectivity index (χ0v) is 11.3. The molecule has 0 radical (unpaired) electrons. The van der Waals surface area contributed by atoms with Gasteiger partial charge in [-0.15, -0.1) is 0 Å². The van der Waals surface area contributed by atoms with E-state index < -0.39 is 4.92 Å². The maximum atomic E-state index is 13.0. The van der Waals surface area contributed by atoms with Gasteiger partial charge in [0.2, 0.25) is 5.82 Å². The molecule has 0 unspecified atom stereocenters. The quantitative estimate of drug-likeness (QED) is 0.487. The van der Waals surface area contributed by atoms with Crippen LogP contribution < -0.4 is 4.90 Å². The number of pyridine rings is 1. The van der Waals surface area contributed by atoms with Crippen LogP contribution in [0.3, 0.4) is 0 Å². The van der Waals surface area contributed by atoms with Gasteiger partial charge in [0, 0.05) is 18.3 Å². The second-order valence-corrected chi connectivity index (χ2v) is 4.34. The highest BCUT2D eigenvalue weighted by Gasteiger charge is 2.22. The minimum Gasteiger partial charge on any atom is -0.321 e. The molecule has 0 saturated heterocycles. The van der Waals surface area contributed by atoms with Crippen molar-refractivity contribution in [3.63, 3.8) is 0 Å². The highest BCUT2D eigenvalue weighted by atomic mass is 35.5. The highest BCUT2D eigenvalue weighted by Crippen LogP contribution is 2.32. The average Bonchev–Trinajstić information content (AvgIpc) is 2.41. The van der Waals surface area contributed by atoms with E-state index >= 15 is 0 Å². The van der Waals surface area contributed by atoms with Crippen LogP contribution in [0.4, 0.5) is 21.6 Å².